The van der Waals surface area contributed by atoms with Crippen LogP contribution in [0.5, 0.6) is 0 Å². The van der Waals surface area contributed by atoms with E-state index in [1.807, 2.05) is 13.8 Å². The van der Waals surface area contributed by atoms with E-state index in [2.05, 4.69) is 5.32 Å². The number of rotatable bonds is 4. The van der Waals surface area contributed by atoms with Crippen LogP contribution in [0.2, 0.25) is 0 Å². The summed E-state index contributed by atoms with van der Waals surface area (Å²) in [5.41, 5.74) is 0.717. The van der Waals surface area contributed by atoms with Gasteiger partial charge in [0.15, 0.2) is 0 Å². The van der Waals surface area contributed by atoms with Crippen LogP contribution in [0.15, 0.2) is 36.4 Å². The molecule has 5 nitrogen and oxygen atoms in total. The highest BCUT2D eigenvalue weighted by Crippen LogP contribution is 2.31. The van der Waals surface area contributed by atoms with E-state index < -0.39 is 23.5 Å². The van der Waals surface area contributed by atoms with Gasteiger partial charge in [-0.2, -0.15) is 5.26 Å². The number of halogens is 2. The number of carbonyl (C=O) groups excluding carboxylic acids is 2. The van der Waals surface area contributed by atoms with Gasteiger partial charge in [-0.15, -0.1) is 0 Å². The van der Waals surface area contributed by atoms with Crippen LogP contribution < -0.4 is 5.32 Å². The molecule has 1 N–H and O–H groups in total. The average Bonchev–Trinajstić information content (AvgIpc) is 2.65. The van der Waals surface area contributed by atoms with Gasteiger partial charge in [-0.1, -0.05) is 19.9 Å². The molecule has 0 saturated carbocycles. The van der Waals surface area contributed by atoms with E-state index in [9.17, 15) is 18.4 Å². The van der Waals surface area contributed by atoms with Crippen molar-refractivity contribution in [2.24, 2.45) is 5.92 Å². The summed E-state index contributed by atoms with van der Waals surface area (Å²) in [5, 5.41) is 11.6. The van der Waals surface area contributed by atoms with Crippen LogP contribution in [-0.2, 0) is 4.79 Å². The Morgan fingerprint density at radius 3 is 2.71 bits per heavy atom. The molecular formula is C21H19F2N3O2. The fraction of sp³-hybridized carbons (Fsp3) is 0.286. The standard InChI is InChI=1S/C21H19F2N3O2/c1-12(2)10-26-11-18(16-5-3-14(22)8-17(16)21(26)28)20(27)25-15-4-6-19(23)13(7-15)9-24/h3-8,12,18H,10-11H2,1-2H3,(H,25,27)/t18-/m0/s1. The van der Waals surface area contributed by atoms with Gasteiger partial charge in [0.25, 0.3) is 5.91 Å². The van der Waals surface area contributed by atoms with E-state index in [0.29, 0.717) is 12.1 Å². The van der Waals surface area contributed by atoms with Gasteiger partial charge in [0.1, 0.15) is 17.7 Å². The summed E-state index contributed by atoms with van der Waals surface area (Å²) in [6, 6.07) is 9.25. The Morgan fingerprint density at radius 2 is 2.04 bits per heavy atom. The highest BCUT2D eigenvalue weighted by molar-refractivity contribution is 6.03. The number of hydrogen-bond donors (Lipinski definition) is 1. The molecule has 2 aromatic rings. The lowest BCUT2D eigenvalue weighted by Gasteiger charge is -2.34. The minimum absolute atomic E-state index is 0.160. The molecule has 1 aliphatic rings. The van der Waals surface area contributed by atoms with Crippen LogP contribution in [0.25, 0.3) is 0 Å². The molecule has 0 unspecified atom stereocenters. The van der Waals surface area contributed by atoms with Crippen molar-refractivity contribution in [2.45, 2.75) is 19.8 Å². The minimum atomic E-state index is -0.706. The number of fused-ring (bicyclic) bond motifs is 1. The molecule has 144 valence electrons. The summed E-state index contributed by atoms with van der Waals surface area (Å²) in [5.74, 6) is -2.46. The molecule has 0 fully saturated rings. The first-order valence-corrected chi connectivity index (χ1v) is 8.89. The van der Waals surface area contributed by atoms with Crippen molar-refractivity contribution in [3.63, 3.8) is 0 Å². The van der Waals surface area contributed by atoms with Crippen LogP contribution in [0.3, 0.4) is 0 Å². The molecule has 0 aliphatic carbocycles. The number of benzene rings is 2. The van der Waals surface area contributed by atoms with Crippen molar-refractivity contribution >= 4 is 17.5 Å². The van der Waals surface area contributed by atoms with E-state index in [1.165, 1.54) is 24.3 Å². The Kier molecular flexibility index (Phi) is 5.41. The first-order valence-electron chi connectivity index (χ1n) is 8.89. The Balaban J connectivity index is 1.93. The number of amides is 2. The van der Waals surface area contributed by atoms with Crippen molar-refractivity contribution < 1.29 is 18.4 Å². The number of nitrogens with one attached hydrogen (secondary N) is 1. The van der Waals surface area contributed by atoms with Crippen LogP contribution in [0.4, 0.5) is 14.5 Å². The van der Waals surface area contributed by atoms with E-state index in [4.69, 9.17) is 5.26 Å². The highest BCUT2D eigenvalue weighted by Gasteiger charge is 2.35. The monoisotopic (exact) mass is 383 g/mol. The van der Waals surface area contributed by atoms with Gasteiger partial charge in [0, 0.05) is 24.3 Å². The first kappa shape index (κ1) is 19.5. The van der Waals surface area contributed by atoms with Crippen LogP contribution >= 0.6 is 0 Å². The van der Waals surface area contributed by atoms with Gasteiger partial charge < -0.3 is 10.2 Å². The van der Waals surface area contributed by atoms with Gasteiger partial charge in [0.05, 0.1) is 11.5 Å². The summed E-state index contributed by atoms with van der Waals surface area (Å²) in [4.78, 5) is 27.2. The summed E-state index contributed by atoms with van der Waals surface area (Å²) in [6.45, 7) is 4.50. The highest BCUT2D eigenvalue weighted by atomic mass is 19.1. The van der Waals surface area contributed by atoms with E-state index in [0.717, 1.165) is 12.1 Å². The Hall–Kier alpha value is -3.27. The van der Waals surface area contributed by atoms with Gasteiger partial charge in [-0.05, 0) is 41.8 Å². The smallest absolute Gasteiger partial charge is 0.254 e. The second-order valence-electron chi connectivity index (χ2n) is 7.18. The summed E-state index contributed by atoms with van der Waals surface area (Å²) < 4.78 is 27.2. The molecule has 0 radical (unpaired) electrons. The van der Waals surface area contributed by atoms with E-state index in [-0.39, 0.29) is 35.2 Å². The molecule has 28 heavy (non-hydrogen) atoms. The Labute approximate surface area is 161 Å². The van der Waals surface area contributed by atoms with Crippen LogP contribution in [0.1, 0.15) is 41.3 Å². The van der Waals surface area contributed by atoms with Crippen LogP contribution in [-0.4, -0.2) is 29.8 Å². The van der Waals surface area contributed by atoms with Crippen molar-refractivity contribution in [3.8, 4) is 6.07 Å². The first-order chi connectivity index (χ1) is 13.3. The molecule has 1 heterocycles. The quantitative estimate of drug-likeness (QED) is 0.876. The third-order valence-corrected chi connectivity index (χ3v) is 4.57. The van der Waals surface area contributed by atoms with Gasteiger partial charge >= 0.3 is 0 Å². The van der Waals surface area contributed by atoms with Gasteiger partial charge in [-0.25, -0.2) is 8.78 Å². The fourth-order valence-electron chi connectivity index (χ4n) is 3.33. The van der Waals surface area contributed by atoms with Crippen molar-refractivity contribution in [3.05, 3.63) is 64.7 Å². The van der Waals surface area contributed by atoms with Gasteiger partial charge in [-0.3, -0.25) is 9.59 Å². The summed E-state index contributed by atoms with van der Waals surface area (Å²) in [7, 11) is 0. The number of hydrogen-bond acceptors (Lipinski definition) is 3. The zero-order valence-electron chi connectivity index (χ0n) is 15.5. The third kappa shape index (κ3) is 3.86. The number of nitrogens with zero attached hydrogens (tertiary/aromatic N) is 2. The lowest BCUT2D eigenvalue weighted by atomic mass is 9.88. The Morgan fingerprint density at radius 1 is 1.29 bits per heavy atom. The summed E-state index contributed by atoms with van der Waals surface area (Å²) >= 11 is 0. The minimum Gasteiger partial charge on any atom is -0.337 e. The molecule has 3 rings (SSSR count). The van der Waals surface area contributed by atoms with E-state index >= 15 is 0 Å². The molecule has 2 amide bonds. The zero-order valence-corrected chi connectivity index (χ0v) is 15.5. The third-order valence-electron chi connectivity index (χ3n) is 4.57. The predicted octanol–water partition coefficient (Wildman–Crippen LogP) is 3.67. The predicted molar refractivity (Wildman–Crippen MR) is 99.6 cm³/mol. The topological polar surface area (TPSA) is 73.2 Å². The van der Waals surface area contributed by atoms with Crippen molar-refractivity contribution in [1.29, 1.82) is 5.26 Å². The molecule has 7 heteroatoms. The van der Waals surface area contributed by atoms with Gasteiger partial charge in [0.2, 0.25) is 5.91 Å². The van der Waals surface area contributed by atoms with Crippen molar-refractivity contribution in [1.82, 2.24) is 4.90 Å². The second-order valence-corrected chi connectivity index (χ2v) is 7.18. The molecule has 2 aromatic carbocycles. The fourth-order valence-corrected chi connectivity index (χ4v) is 3.33. The molecular weight excluding hydrogens is 364 g/mol. The largest absolute Gasteiger partial charge is 0.337 e. The van der Waals surface area contributed by atoms with Crippen LogP contribution in [0, 0.1) is 28.9 Å². The maximum atomic E-state index is 13.7. The molecule has 0 spiro atoms. The zero-order chi connectivity index (χ0) is 20.4. The molecule has 1 aliphatic heterocycles. The average molecular weight is 383 g/mol. The lowest BCUT2D eigenvalue weighted by molar-refractivity contribution is -0.118. The number of anilines is 1. The summed E-state index contributed by atoms with van der Waals surface area (Å²) in [6.07, 6.45) is 0. The van der Waals surface area contributed by atoms with Crippen molar-refractivity contribution in [2.75, 3.05) is 18.4 Å². The Bertz CT molecular complexity index is 982. The normalized spacial score (nSPS) is 15.9. The number of carbonyl (C=O) groups is 2. The maximum absolute atomic E-state index is 13.7. The SMILES string of the molecule is CC(C)CN1C[C@H](C(=O)Nc2ccc(F)c(C#N)c2)c2ccc(F)cc2C1=O. The van der Waals surface area contributed by atoms with E-state index in [1.54, 1.807) is 11.0 Å². The lowest BCUT2D eigenvalue weighted by Crippen LogP contribution is -2.45. The molecule has 0 saturated heterocycles. The maximum Gasteiger partial charge on any atom is 0.254 e. The second kappa shape index (κ2) is 7.77. The molecule has 0 bridgehead atoms. The number of nitriles is 1. The molecule has 1 atom stereocenters. The molecule has 0 aromatic heterocycles.